The van der Waals surface area contributed by atoms with E-state index in [1.165, 1.54) is 26.2 Å². The number of benzene rings is 2. The topological polar surface area (TPSA) is 86.8 Å². The number of fused-ring (bicyclic) bond motifs is 1. The Labute approximate surface area is 228 Å². The molecule has 0 aliphatic heterocycles. The Morgan fingerprint density at radius 3 is 2.51 bits per heavy atom. The maximum absolute atomic E-state index is 14.9. The summed E-state index contributed by atoms with van der Waals surface area (Å²) in [5, 5.41) is 3.04. The van der Waals surface area contributed by atoms with Crippen LogP contribution in [0.15, 0.2) is 30.3 Å². The van der Waals surface area contributed by atoms with Gasteiger partial charge in [0.25, 0.3) is 5.91 Å². The normalized spacial score (nSPS) is 14.2. The molecule has 1 unspecified atom stereocenters. The molecule has 11 heteroatoms. The third kappa shape index (κ3) is 6.21. The molecule has 39 heavy (non-hydrogen) atoms. The van der Waals surface area contributed by atoms with Gasteiger partial charge < -0.3 is 19.5 Å². The number of methoxy groups -OCH3 is 1. The van der Waals surface area contributed by atoms with Gasteiger partial charge in [-0.2, -0.15) is 8.78 Å². The van der Waals surface area contributed by atoms with Gasteiger partial charge in [-0.05, 0) is 62.4 Å². The number of nitrogens with one attached hydrogen (secondary N) is 1. The Kier molecular flexibility index (Phi) is 8.84. The number of ether oxygens (including phenoxy) is 3. The fourth-order valence-electron chi connectivity index (χ4n) is 4.40. The Bertz CT molecular complexity index is 1400. The smallest absolute Gasteiger partial charge is 0.387 e. The van der Waals surface area contributed by atoms with Gasteiger partial charge in [-0.3, -0.25) is 4.79 Å². The van der Waals surface area contributed by atoms with Crippen LogP contribution in [-0.4, -0.2) is 42.7 Å². The largest absolute Gasteiger partial charge is 0.478 e. The van der Waals surface area contributed by atoms with Crippen LogP contribution in [0.2, 0.25) is 5.02 Å². The van der Waals surface area contributed by atoms with Crippen LogP contribution in [0.1, 0.15) is 60.3 Å². The van der Waals surface area contributed by atoms with Crippen molar-refractivity contribution in [3.05, 3.63) is 63.6 Å². The number of hydrogen-bond donors (Lipinski definition) is 1. The van der Waals surface area contributed by atoms with Crippen molar-refractivity contribution < 1.29 is 37.0 Å². The van der Waals surface area contributed by atoms with E-state index in [9.17, 15) is 22.8 Å². The van der Waals surface area contributed by atoms with Crippen LogP contribution in [0.25, 0.3) is 10.9 Å². The minimum atomic E-state index is -3.25. The van der Waals surface area contributed by atoms with E-state index in [4.69, 9.17) is 21.1 Å². The van der Waals surface area contributed by atoms with Crippen LogP contribution in [0, 0.1) is 5.82 Å². The van der Waals surface area contributed by atoms with Gasteiger partial charge in [0, 0.05) is 34.3 Å². The third-order valence-corrected chi connectivity index (χ3v) is 7.04. The maximum Gasteiger partial charge on any atom is 0.387 e. The monoisotopic (exact) mass is 564 g/mol. The molecule has 1 aromatic heterocycles. The molecule has 1 heterocycles. The van der Waals surface area contributed by atoms with Crippen LogP contribution in [-0.2, 0) is 22.4 Å². The number of alkyl halides is 2. The van der Waals surface area contributed by atoms with Crippen LogP contribution < -0.4 is 14.8 Å². The van der Waals surface area contributed by atoms with E-state index in [2.05, 4.69) is 15.0 Å². The van der Waals surface area contributed by atoms with Gasteiger partial charge >= 0.3 is 12.6 Å². The van der Waals surface area contributed by atoms with E-state index in [0.717, 1.165) is 25.3 Å². The highest BCUT2D eigenvalue weighted by Crippen LogP contribution is 2.41. The summed E-state index contributed by atoms with van der Waals surface area (Å²) in [6.07, 6.45) is 2.10. The van der Waals surface area contributed by atoms with Gasteiger partial charge in [0.2, 0.25) is 0 Å². The Hall–Kier alpha value is -3.53. The molecule has 2 aromatic carbocycles. The number of carbonyl (C=O) groups is 2. The molecule has 0 radical (unpaired) electrons. The molecular formula is C28H28ClF3N2O5. The van der Waals surface area contributed by atoms with Crippen LogP contribution in [0.3, 0.4) is 0 Å². The first-order chi connectivity index (χ1) is 18.6. The number of aryl methyl sites for hydroxylation is 1. The van der Waals surface area contributed by atoms with E-state index >= 15 is 0 Å². The van der Waals surface area contributed by atoms with Crippen molar-refractivity contribution in [2.75, 3.05) is 7.11 Å². The zero-order chi connectivity index (χ0) is 28.3. The highest BCUT2D eigenvalue weighted by molar-refractivity contribution is 6.31. The van der Waals surface area contributed by atoms with E-state index in [1.54, 1.807) is 19.1 Å². The quantitative estimate of drug-likeness (QED) is 0.304. The van der Waals surface area contributed by atoms with Crippen molar-refractivity contribution in [2.24, 2.45) is 0 Å². The average molecular weight is 565 g/mol. The average Bonchev–Trinajstić information content (AvgIpc) is 2.88. The molecule has 0 spiro atoms. The molecule has 3 aromatic rings. The number of nitrogens with zero attached hydrogens (tertiary/aromatic N) is 1. The summed E-state index contributed by atoms with van der Waals surface area (Å²) in [5.41, 5.74) is 1.23. The van der Waals surface area contributed by atoms with Crippen LogP contribution in [0.5, 0.6) is 11.5 Å². The summed E-state index contributed by atoms with van der Waals surface area (Å²) in [4.78, 5) is 28.9. The standard InChI is InChI=1S/C28H28ClF3N2O5/c1-4-21-18(12-15-8-9-16(13-19(15)29)26(35)33-17-6-5-7-17)25(39-28(31)32)23-22(38-14(2)27(36)37-3)11-10-20(30)24(23)34-21/h8-11,13-14,17,28H,4-7,12H2,1-3H3,(H,33,35). The first-order valence-electron chi connectivity index (χ1n) is 12.5. The summed E-state index contributed by atoms with van der Waals surface area (Å²) < 4.78 is 57.7. The second-order valence-electron chi connectivity index (χ2n) is 9.23. The number of pyridine rings is 1. The molecule has 7 nitrogen and oxygen atoms in total. The second-order valence-corrected chi connectivity index (χ2v) is 9.64. The second kappa shape index (κ2) is 12.1. The lowest BCUT2D eigenvalue weighted by atomic mass is 9.93. The number of esters is 1. The molecule has 1 aliphatic carbocycles. The number of hydrogen-bond acceptors (Lipinski definition) is 6. The fraction of sp³-hybridized carbons (Fsp3) is 0.393. The number of amides is 1. The number of aromatic nitrogens is 1. The first-order valence-corrected chi connectivity index (χ1v) is 12.9. The van der Waals surface area contributed by atoms with Crippen molar-refractivity contribution in [2.45, 2.75) is 64.7 Å². The minimum absolute atomic E-state index is 0.0000324. The molecule has 1 N–H and O–H groups in total. The van der Waals surface area contributed by atoms with Crippen molar-refractivity contribution in [3.8, 4) is 11.5 Å². The van der Waals surface area contributed by atoms with Gasteiger partial charge in [-0.15, -0.1) is 0 Å². The van der Waals surface area contributed by atoms with Crippen LogP contribution in [0.4, 0.5) is 13.2 Å². The van der Waals surface area contributed by atoms with Crippen LogP contribution >= 0.6 is 11.6 Å². The molecule has 208 valence electrons. The molecule has 4 rings (SSSR count). The molecule has 1 amide bonds. The van der Waals surface area contributed by atoms with Gasteiger partial charge in [-0.1, -0.05) is 24.6 Å². The van der Waals surface area contributed by atoms with Gasteiger partial charge in [-0.25, -0.2) is 14.2 Å². The Morgan fingerprint density at radius 2 is 1.92 bits per heavy atom. The minimum Gasteiger partial charge on any atom is -0.478 e. The predicted molar refractivity (Wildman–Crippen MR) is 139 cm³/mol. The Morgan fingerprint density at radius 1 is 1.18 bits per heavy atom. The molecule has 1 aliphatic rings. The van der Waals surface area contributed by atoms with Gasteiger partial charge in [0.1, 0.15) is 22.8 Å². The molecule has 1 saturated carbocycles. The lowest BCUT2D eigenvalue weighted by Gasteiger charge is -2.26. The lowest BCUT2D eigenvalue weighted by Crippen LogP contribution is -2.39. The van der Waals surface area contributed by atoms with Gasteiger partial charge in [0.05, 0.1) is 12.5 Å². The summed E-state index contributed by atoms with van der Waals surface area (Å²) >= 11 is 6.53. The summed E-state index contributed by atoms with van der Waals surface area (Å²) in [6.45, 7) is -0.0933. The van der Waals surface area contributed by atoms with Crippen molar-refractivity contribution >= 4 is 34.4 Å². The first kappa shape index (κ1) is 28.5. The number of carbonyl (C=O) groups excluding carboxylic acids is 2. The Balaban J connectivity index is 1.80. The molecule has 0 bridgehead atoms. The lowest BCUT2D eigenvalue weighted by molar-refractivity contribution is -0.147. The van der Waals surface area contributed by atoms with E-state index in [1.807, 2.05) is 0 Å². The maximum atomic E-state index is 14.9. The highest BCUT2D eigenvalue weighted by Gasteiger charge is 2.27. The van der Waals surface area contributed by atoms with E-state index in [0.29, 0.717) is 16.8 Å². The van der Waals surface area contributed by atoms with Gasteiger partial charge in [0.15, 0.2) is 6.10 Å². The highest BCUT2D eigenvalue weighted by atomic mass is 35.5. The zero-order valence-electron chi connectivity index (χ0n) is 21.7. The SMILES string of the molecule is CCc1nc2c(F)ccc(OC(C)C(=O)OC)c2c(OC(F)F)c1Cc1ccc(C(=O)NC2CCC2)cc1Cl. The zero-order valence-corrected chi connectivity index (χ0v) is 22.4. The number of halogens is 4. The molecule has 1 atom stereocenters. The van der Waals surface area contributed by atoms with Crippen molar-refractivity contribution in [1.82, 2.24) is 10.3 Å². The van der Waals surface area contributed by atoms with E-state index < -0.39 is 24.5 Å². The molecule has 0 saturated heterocycles. The van der Waals surface area contributed by atoms with Crippen molar-refractivity contribution in [1.29, 1.82) is 0 Å². The summed E-state index contributed by atoms with van der Waals surface area (Å²) in [5.74, 6) is -2.14. The van der Waals surface area contributed by atoms with Crippen molar-refractivity contribution in [3.63, 3.8) is 0 Å². The fourth-order valence-corrected chi connectivity index (χ4v) is 4.65. The third-order valence-electron chi connectivity index (χ3n) is 6.69. The van der Waals surface area contributed by atoms with E-state index in [-0.39, 0.29) is 57.8 Å². The molecular weight excluding hydrogens is 537 g/mol. The summed E-state index contributed by atoms with van der Waals surface area (Å²) in [7, 11) is 1.18. The molecule has 1 fully saturated rings. The predicted octanol–water partition coefficient (Wildman–Crippen LogP) is 6.00. The number of rotatable bonds is 10. The summed E-state index contributed by atoms with van der Waals surface area (Å²) in [6, 6.07) is 7.20.